The van der Waals surface area contributed by atoms with Gasteiger partial charge in [-0.15, -0.1) is 0 Å². The Hall–Kier alpha value is -2.37. The van der Waals surface area contributed by atoms with Crippen LogP contribution in [-0.4, -0.2) is 37.5 Å². The Kier molecular flexibility index (Phi) is 10.8. The predicted octanol–water partition coefficient (Wildman–Crippen LogP) is 4.94. The lowest BCUT2D eigenvalue weighted by Crippen LogP contribution is -2.08. The van der Waals surface area contributed by atoms with Gasteiger partial charge in [-0.05, 0) is 31.8 Å². The van der Waals surface area contributed by atoms with E-state index < -0.39 is 5.97 Å². The molecular weight excluding hydrogens is 348 g/mol. The maximum atomic E-state index is 11.1. The molecule has 152 valence electrons. The fraction of sp³-hybridized carbons (Fsp3) is 0.571. The average Bonchev–Trinajstić information content (AvgIpc) is 2.66. The van der Waals surface area contributed by atoms with Gasteiger partial charge in [0.2, 0.25) is 0 Å². The summed E-state index contributed by atoms with van der Waals surface area (Å²) >= 11 is 0. The van der Waals surface area contributed by atoms with Crippen molar-refractivity contribution < 1.29 is 28.8 Å². The number of carbonyl (C=O) groups is 1. The second kappa shape index (κ2) is 12.9. The van der Waals surface area contributed by atoms with Gasteiger partial charge in [0.05, 0.1) is 32.0 Å². The molecule has 27 heavy (non-hydrogen) atoms. The summed E-state index contributed by atoms with van der Waals surface area (Å²) in [5, 5.41) is 9.10. The highest BCUT2D eigenvalue weighted by molar-refractivity contribution is 5.88. The number of hydrogen-bond acceptors (Lipinski definition) is 5. The fourth-order valence-corrected chi connectivity index (χ4v) is 2.27. The number of ether oxygens (including phenoxy) is 4. The lowest BCUT2D eigenvalue weighted by atomic mass is 10.1. The number of benzene rings is 1. The van der Waals surface area contributed by atoms with E-state index in [0.717, 1.165) is 31.8 Å². The van der Waals surface area contributed by atoms with E-state index in [9.17, 15) is 4.79 Å². The largest absolute Gasteiger partial charge is 0.490 e. The van der Waals surface area contributed by atoms with Crippen LogP contribution in [0, 0.1) is 0 Å². The van der Waals surface area contributed by atoms with E-state index in [-0.39, 0.29) is 0 Å². The number of carboxylic acid groups (broad SMARTS) is 1. The van der Waals surface area contributed by atoms with Crippen molar-refractivity contribution in [3.05, 3.63) is 17.7 Å². The van der Waals surface area contributed by atoms with Gasteiger partial charge in [0.25, 0.3) is 0 Å². The Bertz CT molecular complexity index is 571. The molecule has 0 aliphatic heterocycles. The van der Waals surface area contributed by atoms with Crippen molar-refractivity contribution in [3.8, 4) is 23.0 Å². The molecule has 0 heterocycles. The SMILES string of the molecule is CCCOc1cc(OCCC)c(OCCC)c(C=CC(=O)O)c1OCCC. The molecule has 1 aromatic carbocycles. The van der Waals surface area contributed by atoms with Crippen molar-refractivity contribution in [2.24, 2.45) is 0 Å². The first-order chi connectivity index (χ1) is 13.1. The van der Waals surface area contributed by atoms with E-state index in [1.807, 2.05) is 27.7 Å². The zero-order chi connectivity index (χ0) is 20.1. The molecule has 6 heteroatoms. The second-order valence-corrected chi connectivity index (χ2v) is 6.01. The van der Waals surface area contributed by atoms with Gasteiger partial charge in [-0.3, -0.25) is 0 Å². The molecule has 0 saturated carbocycles. The van der Waals surface area contributed by atoms with Gasteiger partial charge in [-0.1, -0.05) is 27.7 Å². The van der Waals surface area contributed by atoms with Crippen LogP contribution in [0.1, 0.15) is 58.9 Å². The van der Waals surface area contributed by atoms with Gasteiger partial charge in [0.1, 0.15) is 0 Å². The van der Waals surface area contributed by atoms with E-state index in [0.29, 0.717) is 55.0 Å². The molecule has 1 rings (SSSR count). The molecule has 0 amide bonds. The van der Waals surface area contributed by atoms with Gasteiger partial charge in [0.15, 0.2) is 23.0 Å². The maximum absolute atomic E-state index is 11.1. The van der Waals surface area contributed by atoms with Crippen molar-refractivity contribution in [1.29, 1.82) is 0 Å². The number of carboxylic acids is 1. The third-order valence-corrected chi connectivity index (χ3v) is 3.42. The minimum Gasteiger partial charge on any atom is -0.490 e. The molecule has 0 aromatic heterocycles. The van der Waals surface area contributed by atoms with E-state index >= 15 is 0 Å². The van der Waals surface area contributed by atoms with Gasteiger partial charge in [-0.2, -0.15) is 0 Å². The Morgan fingerprint density at radius 3 is 1.59 bits per heavy atom. The summed E-state index contributed by atoms with van der Waals surface area (Å²) in [5.74, 6) is 0.986. The monoisotopic (exact) mass is 380 g/mol. The Labute approximate surface area is 162 Å². The van der Waals surface area contributed by atoms with E-state index in [4.69, 9.17) is 24.1 Å². The molecule has 0 atom stereocenters. The topological polar surface area (TPSA) is 74.2 Å². The molecule has 0 radical (unpaired) electrons. The summed E-state index contributed by atoms with van der Waals surface area (Å²) in [7, 11) is 0. The number of rotatable bonds is 14. The Balaban J connectivity index is 3.56. The third kappa shape index (κ3) is 7.41. The quantitative estimate of drug-likeness (QED) is 0.461. The van der Waals surface area contributed by atoms with Crippen LogP contribution < -0.4 is 18.9 Å². The van der Waals surface area contributed by atoms with Crippen molar-refractivity contribution in [2.45, 2.75) is 53.4 Å². The first kappa shape index (κ1) is 22.7. The molecule has 0 spiro atoms. The summed E-state index contributed by atoms with van der Waals surface area (Å²) in [6.45, 7) is 10.1. The first-order valence-electron chi connectivity index (χ1n) is 9.72. The molecule has 1 N–H and O–H groups in total. The predicted molar refractivity (Wildman–Crippen MR) is 106 cm³/mol. The maximum Gasteiger partial charge on any atom is 0.328 e. The minimum atomic E-state index is -1.05. The van der Waals surface area contributed by atoms with Crippen LogP contribution in [0.4, 0.5) is 0 Å². The molecule has 0 saturated heterocycles. The number of hydrogen-bond donors (Lipinski definition) is 1. The van der Waals surface area contributed by atoms with Crippen LogP contribution in [-0.2, 0) is 4.79 Å². The van der Waals surface area contributed by atoms with E-state index in [2.05, 4.69) is 0 Å². The van der Waals surface area contributed by atoms with Crippen molar-refractivity contribution in [3.63, 3.8) is 0 Å². The lowest BCUT2D eigenvalue weighted by Gasteiger charge is -2.21. The molecule has 0 fully saturated rings. The summed E-state index contributed by atoms with van der Waals surface area (Å²) < 4.78 is 23.6. The highest BCUT2D eigenvalue weighted by Gasteiger charge is 2.22. The van der Waals surface area contributed by atoms with Crippen molar-refractivity contribution in [2.75, 3.05) is 26.4 Å². The summed E-state index contributed by atoms with van der Waals surface area (Å²) in [6, 6.07) is 1.78. The average molecular weight is 380 g/mol. The third-order valence-electron chi connectivity index (χ3n) is 3.42. The smallest absolute Gasteiger partial charge is 0.328 e. The highest BCUT2D eigenvalue weighted by Crippen LogP contribution is 2.46. The lowest BCUT2D eigenvalue weighted by molar-refractivity contribution is -0.131. The molecular formula is C21H32O6. The van der Waals surface area contributed by atoms with Gasteiger partial charge in [0, 0.05) is 12.1 Å². The number of aliphatic carboxylic acids is 1. The standard InChI is InChI=1S/C21H32O6/c1-5-11-24-17-15-18(25-12-6-2)21(27-14-8-4)16(9-10-19(22)23)20(17)26-13-7-3/h9-10,15H,5-8,11-14H2,1-4H3,(H,22,23). The van der Waals surface area contributed by atoms with Crippen LogP contribution in [0.15, 0.2) is 12.1 Å². The highest BCUT2D eigenvalue weighted by atomic mass is 16.5. The van der Waals surface area contributed by atoms with Gasteiger partial charge in [-0.25, -0.2) is 4.79 Å². The fourth-order valence-electron chi connectivity index (χ4n) is 2.27. The van der Waals surface area contributed by atoms with Crippen LogP contribution in [0.5, 0.6) is 23.0 Å². The molecule has 0 aliphatic carbocycles. The van der Waals surface area contributed by atoms with Crippen molar-refractivity contribution in [1.82, 2.24) is 0 Å². The second-order valence-electron chi connectivity index (χ2n) is 6.01. The van der Waals surface area contributed by atoms with Crippen molar-refractivity contribution >= 4 is 12.0 Å². The first-order valence-corrected chi connectivity index (χ1v) is 9.72. The van der Waals surface area contributed by atoms with Crippen LogP contribution in [0.2, 0.25) is 0 Å². The molecule has 6 nitrogen and oxygen atoms in total. The zero-order valence-corrected chi connectivity index (χ0v) is 16.9. The summed E-state index contributed by atoms with van der Waals surface area (Å²) in [6.07, 6.45) is 5.86. The Morgan fingerprint density at radius 2 is 1.22 bits per heavy atom. The molecule has 0 unspecified atom stereocenters. The summed E-state index contributed by atoms with van der Waals surface area (Å²) in [4.78, 5) is 11.1. The van der Waals surface area contributed by atoms with Crippen LogP contribution in [0.3, 0.4) is 0 Å². The molecule has 1 aromatic rings. The zero-order valence-electron chi connectivity index (χ0n) is 16.9. The van der Waals surface area contributed by atoms with Gasteiger partial charge < -0.3 is 24.1 Å². The summed E-state index contributed by atoms with van der Waals surface area (Å²) in [5.41, 5.74) is 0.527. The van der Waals surface area contributed by atoms with E-state index in [1.54, 1.807) is 6.07 Å². The Morgan fingerprint density at radius 1 is 0.815 bits per heavy atom. The van der Waals surface area contributed by atoms with Crippen LogP contribution in [0.25, 0.3) is 6.08 Å². The van der Waals surface area contributed by atoms with Gasteiger partial charge >= 0.3 is 5.97 Å². The minimum absolute atomic E-state index is 0.484. The molecule has 0 bridgehead atoms. The van der Waals surface area contributed by atoms with E-state index in [1.165, 1.54) is 6.08 Å². The van der Waals surface area contributed by atoms with Crippen LogP contribution >= 0.6 is 0 Å². The molecule has 0 aliphatic rings. The normalized spacial score (nSPS) is 10.8.